The van der Waals surface area contributed by atoms with E-state index in [1.165, 1.54) is 120 Å². The molecule has 0 unspecified atom stereocenters. The van der Waals surface area contributed by atoms with Crippen LogP contribution >= 0.6 is 0 Å². The molecule has 2 aromatic rings. The van der Waals surface area contributed by atoms with Crippen molar-refractivity contribution < 1.29 is 0 Å². The zero-order valence-electron chi connectivity index (χ0n) is 22.1. The Morgan fingerprint density at radius 2 is 1.26 bits per heavy atom. The first-order valence-electron chi connectivity index (χ1n) is 14.6. The minimum atomic E-state index is 0.635. The van der Waals surface area contributed by atoms with E-state index in [4.69, 9.17) is 4.98 Å². The van der Waals surface area contributed by atoms with Gasteiger partial charge in [0.25, 0.3) is 0 Å². The fraction of sp³-hybridized carbons (Fsp3) is 0.710. The van der Waals surface area contributed by atoms with Crippen LogP contribution in [0.15, 0.2) is 30.7 Å². The predicted molar refractivity (Wildman–Crippen MR) is 145 cm³/mol. The highest BCUT2D eigenvalue weighted by molar-refractivity contribution is 5.53. The summed E-state index contributed by atoms with van der Waals surface area (Å²) in [5.74, 6) is 2.38. The quantitative estimate of drug-likeness (QED) is 0.233. The van der Waals surface area contributed by atoms with Crippen LogP contribution in [-0.2, 0) is 6.42 Å². The lowest BCUT2D eigenvalue weighted by molar-refractivity contribution is 0.299. The van der Waals surface area contributed by atoms with Crippen LogP contribution in [0.3, 0.4) is 0 Å². The number of pyridine rings is 1. The summed E-state index contributed by atoms with van der Waals surface area (Å²) in [5.41, 5.74) is 3.55. The zero-order valence-corrected chi connectivity index (χ0v) is 22.1. The van der Waals surface area contributed by atoms with Crippen LogP contribution < -0.4 is 0 Å². The van der Waals surface area contributed by atoms with Crippen molar-refractivity contribution in [3.8, 4) is 11.4 Å². The van der Waals surface area contributed by atoms with E-state index in [1.54, 1.807) is 0 Å². The van der Waals surface area contributed by atoms with Crippen molar-refractivity contribution >= 4 is 0 Å². The molecule has 1 fully saturated rings. The lowest BCUT2D eigenvalue weighted by Crippen LogP contribution is -2.14. The summed E-state index contributed by atoms with van der Waals surface area (Å²) < 4.78 is 0. The van der Waals surface area contributed by atoms with Crippen LogP contribution in [0.1, 0.15) is 140 Å². The molecule has 2 aromatic heterocycles. The van der Waals surface area contributed by atoms with Gasteiger partial charge in [-0.3, -0.25) is 4.98 Å². The van der Waals surface area contributed by atoms with Gasteiger partial charge in [0, 0.05) is 35.8 Å². The molecule has 3 rings (SSSR count). The molecular formula is C31H49N3. The zero-order chi connectivity index (χ0) is 23.8. The Morgan fingerprint density at radius 1 is 0.647 bits per heavy atom. The number of nitrogens with zero attached hydrogens (tertiary/aromatic N) is 3. The summed E-state index contributed by atoms with van der Waals surface area (Å²) in [5, 5.41) is 0. The highest BCUT2D eigenvalue weighted by atomic mass is 14.9. The van der Waals surface area contributed by atoms with E-state index in [9.17, 15) is 0 Å². The molecule has 0 spiro atoms. The molecule has 3 nitrogen and oxygen atoms in total. The summed E-state index contributed by atoms with van der Waals surface area (Å²) in [7, 11) is 0. The first-order chi connectivity index (χ1) is 16.8. The summed E-state index contributed by atoms with van der Waals surface area (Å²) >= 11 is 0. The summed E-state index contributed by atoms with van der Waals surface area (Å²) in [4.78, 5) is 14.1. The Bertz CT molecular complexity index is 760. The van der Waals surface area contributed by atoms with E-state index >= 15 is 0 Å². The van der Waals surface area contributed by atoms with Gasteiger partial charge in [-0.2, -0.15) is 0 Å². The third kappa shape index (κ3) is 9.47. The molecule has 0 bridgehead atoms. The standard InChI is InChI=1S/C31H49N3/c1-3-5-7-9-10-11-12-14-16-27-23-33-31(34-24-27)29-21-22-30(32-25-29)28-19-17-26(18-20-28)15-13-8-6-4-2/h21-26,28H,3-20H2,1-2H3. The predicted octanol–water partition coefficient (Wildman–Crippen LogP) is 9.47. The van der Waals surface area contributed by atoms with E-state index in [2.05, 4.69) is 35.9 Å². The summed E-state index contributed by atoms with van der Waals surface area (Å²) in [6, 6.07) is 4.39. The molecule has 0 N–H and O–H groups in total. The molecule has 3 heteroatoms. The number of aryl methyl sites for hydroxylation is 1. The number of aromatic nitrogens is 3. The fourth-order valence-corrected chi connectivity index (χ4v) is 5.48. The Labute approximate surface area is 209 Å². The maximum absolute atomic E-state index is 4.83. The Hall–Kier alpha value is -1.77. The molecule has 0 saturated heterocycles. The van der Waals surface area contributed by atoms with E-state index < -0.39 is 0 Å². The van der Waals surface area contributed by atoms with Gasteiger partial charge in [0.1, 0.15) is 0 Å². The first-order valence-corrected chi connectivity index (χ1v) is 14.6. The summed E-state index contributed by atoms with van der Waals surface area (Å²) in [6.07, 6.45) is 30.3. The van der Waals surface area contributed by atoms with E-state index in [0.717, 1.165) is 23.7 Å². The molecular weight excluding hydrogens is 414 g/mol. The second-order valence-corrected chi connectivity index (χ2v) is 10.7. The van der Waals surface area contributed by atoms with Gasteiger partial charge < -0.3 is 0 Å². The van der Waals surface area contributed by atoms with Crippen molar-refractivity contribution in [2.75, 3.05) is 0 Å². The van der Waals surface area contributed by atoms with Crippen LogP contribution in [-0.4, -0.2) is 15.0 Å². The molecule has 34 heavy (non-hydrogen) atoms. The van der Waals surface area contributed by atoms with Gasteiger partial charge in [0.2, 0.25) is 0 Å². The maximum Gasteiger partial charge on any atom is 0.160 e. The van der Waals surface area contributed by atoms with Gasteiger partial charge in [-0.15, -0.1) is 0 Å². The van der Waals surface area contributed by atoms with Gasteiger partial charge in [-0.05, 0) is 62.1 Å². The normalized spacial score (nSPS) is 18.3. The van der Waals surface area contributed by atoms with E-state index in [0.29, 0.717) is 5.92 Å². The van der Waals surface area contributed by atoms with Crippen LogP contribution in [0, 0.1) is 5.92 Å². The highest BCUT2D eigenvalue weighted by Crippen LogP contribution is 2.37. The Balaban J connectivity index is 1.37. The third-order valence-corrected chi connectivity index (χ3v) is 7.80. The van der Waals surface area contributed by atoms with Gasteiger partial charge in [0.15, 0.2) is 5.82 Å². The Kier molecular flexibility index (Phi) is 12.6. The van der Waals surface area contributed by atoms with Crippen LogP contribution in [0.4, 0.5) is 0 Å². The fourth-order valence-electron chi connectivity index (χ4n) is 5.48. The van der Waals surface area contributed by atoms with Crippen LogP contribution in [0.25, 0.3) is 11.4 Å². The molecule has 1 aliphatic rings. The average molecular weight is 464 g/mol. The van der Waals surface area contributed by atoms with Crippen LogP contribution in [0.2, 0.25) is 0 Å². The maximum atomic E-state index is 4.83. The second kappa shape index (κ2) is 16.0. The largest absolute Gasteiger partial charge is 0.260 e. The van der Waals surface area contributed by atoms with Crippen molar-refractivity contribution in [1.29, 1.82) is 0 Å². The van der Waals surface area contributed by atoms with Gasteiger partial charge in [-0.1, -0.05) is 90.9 Å². The molecule has 1 aliphatic carbocycles. The van der Waals surface area contributed by atoms with Crippen molar-refractivity contribution in [2.24, 2.45) is 5.92 Å². The van der Waals surface area contributed by atoms with Crippen molar-refractivity contribution in [3.63, 3.8) is 0 Å². The number of rotatable bonds is 16. The molecule has 188 valence electrons. The monoisotopic (exact) mass is 463 g/mol. The first kappa shape index (κ1) is 26.8. The van der Waals surface area contributed by atoms with Gasteiger partial charge >= 0.3 is 0 Å². The van der Waals surface area contributed by atoms with Crippen LogP contribution in [0.5, 0.6) is 0 Å². The SMILES string of the molecule is CCCCCCCCCCc1cnc(-c2ccc(C3CCC(CCCCCC)CC3)nc2)nc1. The van der Waals surface area contributed by atoms with Gasteiger partial charge in [-0.25, -0.2) is 9.97 Å². The van der Waals surface area contributed by atoms with Gasteiger partial charge in [0.05, 0.1) is 0 Å². The average Bonchev–Trinajstić information content (AvgIpc) is 2.89. The smallest absolute Gasteiger partial charge is 0.160 e. The second-order valence-electron chi connectivity index (χ2n) is 10.7. The molecule has 2 heterocycles. The highest BCUT2D eigenvalue weighted by Gasteiger charge is 2.23. The molecule has 1 saturated carbocycles. The molecule has 0 atom stereocenters. The molecule has 0 aliphatic heterocycles. The number of unbranched alkanes of at least 4 members (excludes halogenated alkanes) is 10. The Morgan fingerprint density at radius 3 is 1.88 bits per heavy atom. The molecule has 0 amide bonds. The minimum absolute atomic E-state index is 0.635. The molecule has 0 aromatic carbocycles. The van der Waals surface area contributed by atoms with E-state index in [1.807, 2.05) is 18.6 Å². The van der Waals surface area contributed by atoms with Crippen molar-refractivity contribution in [1.82, 2.24) is 15.0 Å². The van der Waals surface area contributed by atoms with Crippen molar-refractivity contribution in [2.45, 2.75) is 135 Å². The lowest BCUT2D eigenvalue weighted by atomic mass is 9.78. The topological polar surface area (TPSA) is 38.7 Å². The lowest BCUT2D eigenvalue weighted by Gasteiger charge is -2.28. The summed E-state index contributed by atoms with van der Waals surface area (Å²) in [6.45, 7) is 4.57. The van der Waals surface area contributed by atoms with Crippen molar-refractivity contribution in [3.05, 3.63) is 42.0 Å². The van der Waals surface area contributed by atoms with E-state index in [-0.39, 0.29) is 0 Å². The number of hydrogen-bond donors (Lipinski definition) is 0. The number of hydrogen-bond acceptors (Lipinski definition) is 3. The molecule has 0 radical (unpaired) electrons. The third-order valence-electron chi connectivity index (χ3n) is 7.80. The minimum Gasteiger partial charge on any atom is -0.260 e.